The van der Waals surface area contributed by atoms with Gasteiger partial charge in [0.05, 0.1) is 34.4 Å². The van der Waals surface area contributed by atoms with E-state index in [9.17, 15) is 23.1 Å². The molecule has 3 heterocycles. The van der Waals surface area contributed by atoms with E-state index in [1.54, 1.807) is 17.7 Å². The topological polar surface area (TPSA) is 116 Å². The van der Waals surface area contributed by atoms with Gasteiger partial charge in [-0.25, -0.2) is 9.78 Å². The number of hydrogen-bond acceptors (Lipinski definition) is 6. The highest BCUT2D eigenvalue weighted by Crippen LogP contribution is 2.26. The van der Waals surface area contributed by atoms with Gasteiger partial charge in [-0.15, -0.1) is 11.3 Å². The summed E-state index contributed by atoms with van der Waals surface area (Å²) < 4.78 is 33.7. The quantitative estimate of drug-likeness (QED) is 0.442. The number of amides is 1. The van der Waals surface area contributed by atoms with Gasteiger partial charge < -0.3 is 25.4 Å². The predicted molar refractivity (Wildman–Crippen MR) is 116 cm³/mol. The van der Waals surface area contributed by atoms with E-state index in [4.69, 9.17) is 9.90 Å². The second kappa shape index (κ2) is 9.89. The summed E-state index contributed by atoms with van der Waals surface area (Å²) in [6, 6.07) is 9.80. The number of fused-ring (bicyclic) bond motifs is 2. The van der Waals surface area contributed by atoms with Crippen LogP contribution < -0.4 is 10.6 Å². The molecule has 0 fully saturated rings. The number of nitrogens with one attached hydrogen (secondary N) is 2. The molecule has 0 radical (unpaired) electrons. The van der Waals surface area contributed by atoms with Crippen molar-refractivity contribution < 1.29 is 33.0 Å². The zero-order chi connectivity index (χ0) is 24.2. The molecular formula is C21H23F3N4O4S. The first-order valence-electron chi connectivity index (χ1n) is 9.98. The van der Waals surface area contributed by atoms with Crippen molar-refractivity contribution in [2.24, 2.45) is 0 Å². The van der Waals surface area contributed by atoms with Gasteiger partial charge in [0.2, 0.25) is 0 Å². The summed E-state index contributed by atoms with van der Waals surface area (Å²) in [6.45, 7) is 3.92. The highest BCUT2D eigenvalue weighted by Gasteiger charge is 2.38. The Balaban J connectivity index is 0.000000383. The maximum atomic E-state index is 12.8. The summed E-state index contributed by atoms with van der Waals surface area (Å²) in [5.74, 6) is -2.89. The summed E-state index contributed by atoms with van der Waals surface area (Å²) in [5, 5.41) is 23.4. The fourth-order valence-corrected chi connectivity index (χ4v) is 4.42. The largest absolute Gasteiger partial charge is 0.490 e. The van der Waals surface area contributed by atoms with Crippen LogP contribution in [0.2, 0.25) is 0 Å². The Morgan fingerprint density at radius 2 is 2.00 bits per heavy atom. The van der Waals surface area contributed by atoms with Crippen LogP contribution in [0.15, 0.2) is 36.7 Å². The van der Waals surface area contributed by atoms with Gasteiger partial charge in [0.15, 0.2) is 0 Å². The molecule has 1 aliphatic rings. The van der Waals surface area contributed by atoms with Gasteiger partial charge in [0.25, 0.3) is 5.91 Å². The molecule has 1 amide bonds. The Hall–Kier alpha value is -2.96. The molecule has 4 rings (SSSR count). The average Bonchev–Trinajstić information content (AvgIpc) is 3.38. The standard InChI is InChI=1S/C19H22N4O2S.C2HF3O2/c1-19(11-24,10-23-12-21-14-4-2-3-5-15(14)23)22-18(25)17-8-13-9-20-7-6-16(13)26-17;3-2(4,5)1(6)7/h2-5,8,12,20,24H,6-7,9-11H2,1H3,(H,22,25);(H,6,7). The molecule has 1 unspecified atom stereocenters. The zero-order valence-corrected chi connectivity index (χ0v) is 18.5. The SMILES string of the molecule is CC(CO)(Cn1cnc2ccccc21)NC(=O)c1cc2c(s1)CCNC2.O=C(O)C(F)(F)F. The fraction of sp³-hybridized carbons (Fsp3) is 0.381. The smallest absolute Gasteiger partial charge is 0.475 e. The first kappa shape index (κ1) is 24.7. The number of carboxylic acid groups (broad SMARTS) is 1. The lowest BCUT2D eigenvalue weighted by Gasteiger charge is -2.29. The summed E-state index contributed by atoms with van der Waals surface area (Å²) in [4.78, 5) is 28.0. The molecule has 0 spiro atoms. The number of aromatic nitrogens is 2. The van der Waals surface area contributed by atoms with Crippen LogP contribution in [0.5, 0.6) is 0 Å². The molecule has 3 aromatic rings. The number of carbonyl (C=O) groups excluding carboxylic acids is 1. The molecule has 178 valence electrons. The number of aliphatic hydroxyl groups is 1. The van der Waals surface area contributed by atoms with Gasteiger partial charge in [-0.2, -0.15) is 13.2 Å². The summed E-state index contributed by atoms with van der Waals surface area (Å²) in [7, 11) is 0. The minimum Gasteiger partial charge on any atom is -0.475 e. The van der Waals surface area contributed by atoms with Crippen molar-refractivity contribution in [2.45, 2.75) is 38.1 Å². The number of halogens is 3. The van der Waals surface area contributed by atoms with E-state index >= 15 is 0 Å². The first-order valence-corrected chi connectivity index (χ1v) is 10.8. The van der Waals surface area contributed by atoms with Crippen molar-refractivity contribution in [3.8, 4) is 0 Å². The number of aliphatic carboxylic acids is 1. The van der Waals surface area contributed by atoms with E-state index in [0.29, 0.717) is 11.4 Å². The van der Waals surface area contributed by atoms with Crippen molar-refractivity contribution in [3.63, 3.8) is 0 Å². The lowest BCUT2D eigenvalue weighted by Crippen LogP contribution is -2.51. The van der Waals surface area contributed by atoms with E-state index in [1.807, 2.05) is 41.8 Å². The number of carboxylic acids is 1. The lowest BCUT2D eigenvalue weighted by atomic mass is 10.0. The number of aliphatic hydroxyl groups excluding tert-OH is 1. The molecule has 0 saturated heterocycles. The molecule has 2 aromatic heterocycles. The van der Waals surface area contributed by atoms with Crippen LogP contribution in [0, 0.1) is 0 Å². The highest BCUT2D eigenvalue weighted by atomic mass is 32.1. The van der Waals surface area contributed by atoms with E-state index in [0.717, 1.165) is 30.5 Å². The van der Waals surface area contributed by atoms with Gasteiger partial charge in [-0.05, 0) is 37.1 Å². The Morgan fingerprint density at radius 1 is 1.30 bits per heavy atom. The van der Waals surface area contributed by atoms with E-state index in [2.05, 4.69) is 15.6 Å². The highest BCUT2D eigenvalue weighted by molar-refractivity contribution is 7.14. The number of carbonyl (C=O) groups is 2. The van der Waals surface area contributed by atoms with Gasteiger partial charge in [0.1, 0.15) is 0 Å². The number of thiophene rings is 1. The Bertz CT molecular complexity index is 1120. The van der Waals surface area contributed by atoms with Crippen LogP contribution in [0.25, 0.3) is 11.0 Å². The molecule has 4 N–H and O–H groups in total. The molecule has 12 heteroatoms. The molecule has 33 heavy (non-hydrogen) atoms. The molecule has 0 saturated carbocycles. The van der Waals surface area contributed by atoms with Crippen LogP contribution in [-0.2, 0) is 24.3 Å². The predicted octanol–water partition coefficient (Wildman–Crippen LogP) is 2.56. The molecule has 1 aromatic carbocycles. The Labute approximate surface area is 191 Å². The van der Waals surface area contributed by atoms with E-state index < -0.39 is 17.7 Å². The molecule has 0 bridgehead atoms. The van der Waals surface area contributed by atoms with Crippen molar-refractivity contribution in [1.29, 1.82) is 0 Å². The van der Waals surface area contributed by atoms with Crippen LogP contribution in [-0.4, -0.2) is 56.5 Å². The minimum atomic E-state index is -5.08. The van der Waals surface area contributed by atoms with Crippen molar-refractivity contribution >= 4 is 34.2 Å². The maximum Gasteiger partial charge on any atom is 0.490 e. The Morgan fingerprint density at radius 3 is 2.64 bits per heavy atom. The monoisotopic (exact) mass is 484 g/mol. The first-order chi connectivity index (χ1) is 15.5. The van der Waals surface area contributed by atoms with Crippen LogP contribution in [0.4, 0.5) is 13.2 Å². The number of benzene rings is 1. The van der Waals surface area contributed by atoms with Gasteiger partial charge in [-0.1, -0.05) is 12.1 Å². The average molecular weight is 485 g/mol. The number of rotatable bonds is 5. The van der Waals surface area contributed by atoms with Gasteiger partial charge in [0, 0.05) is 24.5 Å². The van der Waals surface area contributed by atoms with Crippen molar-refractivity contribution in [1.82, 2.24) is 20.2 Å². The van der Waals surface area contributed by atoms with Crippen LogP contribution >= 0.6 is 11.3 Å². The van der Waals surface area contributed by atoms with Crippen LogP contribution in [0.1, 0.15) is 27.0 Å². The van der Waals surface area contributed by atoms with Gasteiger partial charge in [-0.3, -0.25) is 4.79 Å². The molecular weight excluding hydrogens is 461 g/mol. The molecule has 1 aliphatic heterocycles. The zero-order valence-electron chi connectivity index (χ0n) is 17.6. The third kappa shape index (κ3) is 6.09. The van der Waals surface area contributed by atoms with E-state index in [1.165, 1.54) is 10.4 Å². The number of imidazole rings is 1. The number of nitrogens with zero attached hydrogens (tertiary/aromatic N) is 2. The third-order valence-corrected chi connectivity index (χ3v) is 6.25. The third-order valence-electron chi connectivity index (χ3n) is 5.02. The van der Waals surface area contributed by atoms with E-state index in [-0.39, 0.29) is 12.5 Å². The van der Waals surface area contributed by atoms with Crippen molar-refractivity contribution in [2.75, 3.05) is 13.2 Å². The summed E-state index contributed by atoms with van der Waals surface area (Å²) in [6.07, 6.45) is -2.37. The number of para-hydroxylation sites is 2. The van der Waals surface area contributed by atoms with Crippen molar-refractivity contribution in [3.05, 3.63) is 52.0 Å². The molecule has 8 nitrogen and oxygen atoms in total. The second-order valence-electron chi connectivity index (χ2n) is 7.82. The summed E-state index contributed by atoms with van der Waals surface area (Å²) >= 11 is 1.55. The fourth-order valence-electron chi connectivity index (χ4n) is 3.34. The Kier molecular flexibility index (Phi) is 7.40. The second-order valence-corrected chi connectivity index (χ2v) is 8.96. The van der Waals surface area contributed by atoms with Crippen LogP contribution in [0.3, 0.4) is 0 Å². The minimum absolute atomic E-state index is 0.134. The number of hydrogen-bond donors (Lipinski definition) is 4. The number of alkyl halides is 3. The molecule has 0 aliphatic carbocycles. The lowest BCUT2D eigenvalue weighted by molar-refractivity contribution is -0.192. The van der Waals surface area contributed by atoms with Gasteiger partial charge >= 0.3 is 12.1 Å². The maximum absolute atomic E-state index is 12.8. The molecule has 1 atom stereocenters. The summed E-state index contributed by atoms with van der Waals surface area (Å²) in [5.41, 5.74) is 2.32. The normalized spacial score (nSPS) is 15.2.